The molecule has 0 N–H and O–H groups in total. The molecule has 0 atom stereocenters. The first-order valence-electron chi connectivity index (χ1n) is 5.99. The number of carbonyl (C=O) groups excluding carboxylic acids is 1. The first kappa shape index (κ1) is 12.1. The van der Waals surface area contributed by atoms with Crippen LogP contribution >= 0.6 is 11.8 Å². The van der Waals surface area contributed by atoms with Gasteiger partial charge in [-0.3, -0.25) is 4.79 Å². The number of Topliss-reactive ketones (excluding diaryl/α,β-unsaturated/α-hetero) is 1. The standard InChI is InChI=1S/C16H12O2S/c1-11-7-8-13-14(9-11)18-15(16(13)17)10-19-12-5-3-2-4-6-12/h2-10H,1H3/b15-10+. The van der Waals surface area contributed by atoms with Gasteiger partial charge in [-0.05, 0) is 36.8 Å². The van der Waals surface area contributed by atoms with Gasteiger partial charge in [0.2, 0.25) is 5.78 Å². The molecule has 94 valence electrons. The maximum atomic E-state index is 12.1. The van der Waals surface area contributed by atoms with E-state index in [2.05, 4.69) is 0 Å². The molecule has 2 aromatic carbocycles. The summed E-state index contributed by atoms with van der Waals surface area (Å²) in [4.78, 5) is 13.2. The van der Waals surface area contributed by atoms with Crippen molar-refractivity contribution in [2.45, 2.75) is 11.8 Å². The van der Waals surface area contributed by atoms with E-state index in [1.165, 1.54) is 11.8 Å². The topological polar surface area (TPSA) is 26.3 Å². The molecule has 0 amide bonds. The third kappa shape index (κ3) is 2.42. The van der Waals surface area contributed by atoms with Gasteiger partial charge in [-0.15, -0.1) is 0 Å². The minimum absolute atomic E-state index is 0.0431. The molecule has 1 heterocycles. The fourth-order valence-electron chi connectivity index (χ4n) is 1.90. The second-order valence-electron chi connectivity index (χ2n) is 4.34. The number of hydrogen-bond acceptors (Lipinski definition) is 3. The fourth-order valence-corrected chi connectivity index (χ4v) is 2.61. The molecule has 0 unspecified atom stereocenters. The zero-order valence-corrected chi connectivity index (χ0v) is 11.2. The van der Waals surface area contributed by atoms with Gasteiger partial charge in [-0.1, -0.05) is 36.0 Å². The third-order valence-electron chi connectivity index (χ3n) is 2.87. The summed E-state index contributed by atoms with van der Waals surface area (Å²) in [7, 11) is 0. The van der Waals surface area contributed by atoms with Crippen LogP contribution in [-0.4, -0.2) is 5.78 Å². The van der Waals surface area contributed by atoms with E-state index >= 15 is 0 Å². The molecule has 2 nitrogen and oxygen atoms in total. The molecule has 0 saturated carbocycles. The summed E-state index contributed by atoms with van der Waals surface area (Å²) >= 11 is 1.49. The van der Waals surface area contributed by atoms with E-state index in [1.807, 2.05) is 55.5 Å². The highest BCUT2D eigenvalue weighted by Crippen LogP contribution is 2.33. The van der Waals surface area contributed by atoms with E-state index < -0.39 is 0 Å². The lowest BCUT2D eigenvalue weighted by molar-refractivity contribution is 0.101. The molecular weight excluding hydrogens is 256 g/mol. The van der Waals surface area contributed by atoms with Crippen molar-refractivity contribution in [3.05, 3.63) is 70.8 Å². The Hall–Kier alpha value is -2.00. The smallest absolute Gasteiger partial charge is 0.232 e. The summed E-state index contributed by atoms with van der Waals surface area (Å²) in [6.45, 7) is 1.98. The minimum atomic E-state index is -0.0431. The Kier molecular flexibility index (Phi) is 3.13. The van der Waals surface area contributed by atoms with E-state index in [9.17, 15) is 4.79 Å². The molecule has 1 aliphatic rings. The molecule has 0 aliphatic carbocycles. The van der Waals surface area contributed by atoms with Crippen molar-refractivity contribution in [3.8, 4) is 5.75 Å². The van der Waals surface area contributed by atoms with E-state index in [1.54, 1.807) is 5.41 Å². The zero-order chi connectivity index (χ0) is 13.2. The Labute approximate surface area is 116 Å². The van der Waals surface area contributed by atoms with Crippen LogP contribution < -0.4 is 4.74 Å². The quantitative estimate of drug-likeness (QED) is 0.603. The summed E-state index contributed by atoms with van der Waals surface area (Å²) in [5.74, 6) is 1.01. The molecule has 0 bridgehead atoms. The van der Waals surface area contributed by atoms with Gasteiger partial charge in [-0.25, -0.2) is 0 Å². The number of ether oxygens (including phenoxy) is 1. The highest BCUT2D eigenvalue weighted by Gasteiger charge is 2.26. The van der Waals surface area contributed by atoms with E-state index in [0.717, 1.165) is 10.5 Å². The average molecular weight is 268 g/mol. The maximum absolute atomic E-state index is 12.1. The number of carbonyl (C=O) groups is 1. The highest BCUT2D eigenvalue weighted by atomic mass is 32.2. The van der Waals surface area contributed by atoms with Crippen molar-refractivity contribution >= 4 is 17.5 Å². The second kappa shape index (κ2) is 4.94. The Morgan fingerprint density at radius 2 is 1.89 bits per heavy atom. The summed E-state index contributed by atoms with van der Waals surface area (Å²) in [6, 6.07) is 15.5. The van der Waals surface area contributed by atoms with Gasteiger partial charge in [0, 0.05) is 10.3 Å². The van der Waals surface area contributed by atoms with Crippen LogP contribution in [0.5, 0.6) is 5.75 Å². The lowest BCUT2D eigenvalue weighted by atomic mass is 10.1. The number of rotatable bonds is 2. The normalized spacial score (nSPS) is 15.4. The number of ketones is 1. The predicted molar refractivity (Wildman–Crippen MR) is 76.5 cm³/mol. The second-order valence-corrected chi connectivity index (χ2v) is 5.29. The Bertz CT molecular complexity index is 660. The van der Waals surface area contributed by atoms with Crippen molar-refractivity contribution in [3.63, 3.8) is 0 Å². The number of fused-ring (bicyclic) bond motifs is 1. The lowest BCUT2D eigenvalue weighted by Gasteiger charge is -1.99. The van der Waals surface area contributed by atoms with Gasteiger partial charge in [0.1, 0.15) is 5.75 Å². The molecule has 0 saturated heterocycles. The maximum Gasteiger partial charge on any atom is 0.232 e. The highest BCUT2D eigenvalue weighted by molar-refractivity contribution is 8.02. The molecule has 3 heteroatoms. The van der Waals surface area contributed by atoms with Crippen molar-refractivity contribution in [1.29, 1.82) is 0 Å². The molecular formula is C16H12O2S. The fraction of sp³-hybridized carbons (Fsp3) is 0.0625. The van der Waals surface area contributed by atoms with Crippen molar-refractivity contribution < 1.29 is 9.53 Å². The summed E-state index contributed by atoms with van der Waals surface area (Å²) in [6.07, 6.45) is 0. The van der Waals surface area contributed by atoms with E-state index in [-0.39, 0.29) is 5.78 Å². The Morgan fingerprint density at radius 3 is 2.68 bits per heavy atom. The van der Waals surface area contributed by atoms with Crippen LogP contribution in [0.4, 0.5) is 0 Å². The third-order valence-corrected chi connectivity index (χ3v) is 3.75. The van der Waals surface area contributed by atoms with Gasteiger partial charge in [0.05, 0.1) is 5.56 Å². The van der Waals surface area contributed by atoms with E-state index in [4.69, 9.17) is 4.74 Å². The zero-order valence-electron chi connectivity index (χ0n) is 10.4. The molecule has 0 fully saturated rings. The Balaban J connectivity index is 1.84. The average Bonchev–Trinajstić information content (AvgIpc) is 2.74. The monoisotopic (exact) mass is 268 g/mol. The van der Waals surface area contributed by atoms with Crippen molar-refractivity contribution in [1.82, 2.24) is 0 Å². The van der Waals surface area contributed by atoms with Gasteiger partial charge >= 0.3 is 0 Å². The molecule has 2 aromatic rings. The number of benzene rings is 2. The van der Waals surface area contributed by atoms with Crippen LogP contribution in [0.25, 0.3) is 0 Å². The first-order chi connectivity index (χ1) is 9.24. The number of hydrogen-bond donors (Lipinski definition) is 0. The Morgan fingerprint density at radius 1 is 1.11 bits per heavy atom. The lowest BCUT2D eigenvalue weighted by Crippen LogP contribution is -1.97. The van der Waals surface area contributed by atoms with Crippen LogP contribution in [0.1, 0.15) is 15.9 Å². The minimum Gasteiger partial charge on any atom is -0.452 e. The van der Waals surface area contributed by atoms with Gasteiger partial charge < -0.3 is 4.74 Å². The SMILES string of the molecule is Cc1ccc2c(c1)O/C(=C/Sc1ccccc1)C2=O. The molecule has 1 aliphatic heterocycles. The van der Waals surface area contributed by atoms with E-state index in [0.29, 0.717) is 17.1 Å². The molecule has 3 rings (SSSR count). The first-order valence-corrected chi connectivity index (χ1v) is 6.87. The van der Waals surface area contributed by atoms with Crippen LogP contribution in [-0.2, 0) is 0 Å². The summed E-state index contributed by atoms with van der Waals surface area (Å²) in [5, 5.41) is 1.77. The van der Waals surface area contributed by atoms with Crippen molar-refractivity contribution in [2.24, 2.45) is 0 Å². The largest absolute Gasteiger partial charge is 0.452 e. The van der Waals surface area contributed by atoms with Gasteiger partial charge in [0.25, 0.3) is 0 Å². The molecule has 0 aromatic heterocycles. The number of aryl methyl sites for hydroxylation is 1. The summed E-state index contributed by atoms with van der Waals surface area (Å²) < 4.78 is 5.61. The van der Waals surface area contributed by atoms with Crippen LogP contribution in [0.15, 0.2) is 64.6 Å². The molecule has 0 radical (unpaired) electrons. The van der Waals surface area contributed by atoms with Gasteiger partial charge in [-0.2, -0.15) is 0 Å². The number of allylic oxidation sites excluding steroid dienone is 1. The molecule has 0 spiro atoms. The van der Waals surface area contributed by atoms with Crippen molar-refractivity contribution in [2.75, 3.05) is 0 Å². The predicted octanol–water partition coefficient (Wildman–Crippen LogP) is 4.20. The summed E-state index contributed by atoms with van der Waals surface area (Å²) in [5.41, 5.74) is 1.73. The van der Waals surface area contributed by atoms with Crippen LogP contribution in [0.3, 0.4) is 0 Å². The number of thioether (sulfide) groups is 1. The van der Waals surface area contributed by atoms with Crippen LogP contribution in [0.2, 0.25) is 0 Å². The molecule has 19 heavy (non-hydrogen) atoms. The van der Waals surface area contributed by atoms with Crippen LogP contribution in [0, 0.1) is 6.92 Å². The van der Waals surface area contributed by atoms with Gasteiger partial charge in [0.15, 0.2) is 5.76 Å².